The van der Waals surface area contributed by atoms with Crippen molar-refractivity contribution in [3.05, 3.63) is 99.0 Å². The van der Waals surface area contributed by atoms with Gasteiger partial charge in [-0.25, -0.2) is 4.21 Å². The third-order valence-corrected chi connectivity index (χ3v) is 7.45. The second kappa shape index (κ2) is 10.7. The van der Waals surface area contributed by atoms with E-state index in [9.17, 15) is 27.0 Å². The molecule has 0 saturated heterocycles. The number of carbonyl (C=O) groups is 1. The number of rotatable bonds is 6. The van der Waals surface area contributed by atoms with Gasteiger partial charge in [0, 0.05) is 29.0 Å². The topological polar surface area (TPSA) is 107 Å². The summed E-state index contributed by atoms with van der Waals surface area (Å²) >= 11 is 0. The number of benzene rings is 2. The number of dihydropyridines is 1. The number of halogens is 3. The van der Waals surface area contributed by atoms with Gasteiger partial charge in [0.15, 0.2) is 0 Å². The molecule has 0 fully saturated rings. The average molecular weight is 557 g/mol. The highest BCUT2D eigenvalue weighted by Gasteiger charge is 2.31. The van der Waals surface area contributed by atoms with Crippen LogP contribution in [0.1, 0.15) is 46.1 Å². The fourth-order valence-electron chi connectivity index (χ4n) is 4.36. The van der Waals surface area contributed by atoms with Gasteiger partial charge in [0.05, 0.1) is 21.3 Å². The summed E-state index contributed by atoms with van der Waals surface area (Å²) < 4.78 is 53.4. The lowest BCUT2D eigenvalue weighted by molar-refractivity contribution is -0.137. The van der Waals surface area contributed by atoms with E-state index in [4.69, 9.17) is 5.14 Å². The van der Waals surface area contributed by atoms with Crippen LogP contribution in [0.25, 0.3) is 11.3 Å². The van der Waals surface area contributed by atoms with E-state index < -0.39 is 32.9 Å². The van der Waals surface area contributed by atoms with E-state index in [1.807, 2.05) is 6.92 Å². The number of amides is 1. The Balaban J connectivity index is 1.77. The van der Waals surface area contributed by atoms with Crippen LogP contribution in [0.5, 0.6) is 0 Å². The van der Waals surface area contributed by atoms with Gasteiger partial charge in [-0.1, -0.05) is 18.2 Å². The Kier molecular flexibility index (Phi) is 7.67. The highest BCUT2D eigenvalue weighted by Crippen LogP contribution is 2.32. The Bertz CT molecular complexity index is 1650. The summed E-state index contributed by atoms with van der Waals surface area (Å²) in [6, 6.07) is 12.2. The second-order valence-corrected chi connectivity index (χ2v) is 11.3. The first-order valence-electron chi connectivity index (χ1n) is 11.9. The molecule has 3 aromatic rings. The number of hydrogen-bond acceptors (Lipinski definition) is 4. The number of allylic oxidation sites excluding steroid dienone is 1. The molecule has 2 unspecified atom stereocenters. The van der Waals surface area contributed by atoms with Gasteiger partial charge in [-0.05, 0) is 85.3 Å². The summed E-state index contributed by atoms with van der Waals surface area (Å²) in [5, 5.41) is 8.24. The van der Waals surface area contributed by atoms with Crippen LogP contribution < -0.4 is 16.0 Å². The first-order chi connectivity index (χ1) is 18.3. The van der Waals surface area contributed by atoms with Crippen LogP contribution >= 0.6 is 0 Å². The van der Waals surface area contributed by atoms with Gasteiger partial charge in [-0.2, -0.15) is 13.2 Å². The number of hydrogen-bond donors (Lipinski definition) is 2. The van der Waals surface area contributed by atoms with Crippen LogP contribution in [0.3, 0.4) is 0 Å². The predicted octanol–water partition coefficient (Wildman–Crippen LogP) is 4.29. The summed E-state index contributed by atoms with van der Waals surface area (Å²) in [6.07, 6.45) is -0.673. The molecule has 1 aromatic heterocycles. The number of nitrogens with zero attached hydrogens (tertiary/aromatic N) is 2. The number of aromatic nitrogens is 1. The maximum atomic E-state index is 13.6. The minimum atomic E-state index is -4.61. The van der Waals surface area contributed by atoms with Gasteiger partial charge in [0.25, 0.3) is 11.5 Å². The van der Waals surface area contributed by atoms with E-state index in [2.05, 4.69) is 16.2 Å². The quantitative estimate of drug-likeness (QED) is 0.443. The largest absolute Gasteiger partial charge is 0.416 e. The number of aliphatic imine (C=N–C) groups is 1. The molecule has 0 aliphatic carbocycles. The van der Waals surface area contributed by atoms with E-state index in [0.717, 1.165) is 22.3 Å². The third-order valence-electron chi connectivity index (χ3n) is 6.38. The minimum Gasteiger partial charge on any atom is -0.348 e. The van der Waals surface area contributed by atoms with Gasteiger partial charge < -0.3 is 5.32 Å². The summed E-state index contributed by atoms with van der Waals surface area (Å²) in [5.41, 5.74) is 0.541. The van der Waals surface area contributed by atoms with Gasteiger partial charge in [0.2, 0.25) is 0 Å². The smallest absolute Gasteiger partial charge is 0.348 e. The lowest BCUT2D eigenvalue weighted by Crippen LogP contribution is -2.34. The van der Waals surface area contributed by atoms with Gasteiger partial charge >= 0.3 is 6.18 Å². The van der Waals surface area contributed by atoms with Crippen LogP contribution in [0, 0.1) is 6.92 Å². The molecular formula is C28H27F3N4O3S. The molecule has 0 radical (unpaired) electrons. The van der Waals surface area contributed by atoms with Crippen molar-refractivity contribution in [3.63, 3.8) is 0 Å². The molecule has 2 aromatic carbocycles. The highest BCUT2D eigenvalue weighted by atomic mass is 32.2. The predicted molar refractivity (Wildman–Crippen MR) is 148 cm³/mol. The van der Waals surface area contributed by atoms with E-state index in [1.54, 1.807) is 43.5 Å². The first kappa shape index (κ1) is 28.1. The molecule has 11 heteroatoms. The van der Waals surface area contributed by atoms with Crippen molar-refractivity contribution < 1.29 is 22.2 Å². The number of nitrogens with two attached hydrogens (primary N) is 1. The standard InChI is InChI=1S/C28H27F3N4O3S/c1-17-13-20(11-12-33-17)24-15-25(26(36)34-16-19-7-9-23(10-8-19)39(3,32)38)27(37)35(18(24)2)22-6-4-5-21(14-22)28(29,30)31/h4-12,14-15,17H,3,13,16H2,1-2H3,(H2,32,38)(H,34,36). The van der Waals surface area contributed by atoms with Crippen molar-refractivity contribution in [2.75, 3.05) is 0 Å². The van der Waals surface area contributed by atoms with E-state index in [1.165, 1.54) is 18.2 Å². The van der Waals surface area contributed by atoms with Gasteiger partial charge in [-0.15, -0.1) is 0 Å². The van der Waals surface area contributed by atoms with Crippen LogP contribution in [0.2, 0.25) is 0 Å². The maximum Gasteiger partial charge on any atom is 0.416 e. The summed E-state index contributed by atoms with van der Waals surface area (Å²) in [6.45, 7) is 3.59. The number of pyridine rings is 1. The highest BCUT2D eigenvalue weighted by molar-refractivity contribution is 7.98. The molecule has 204 valence electrons. The van der Waals surface area contributed by atoms with Crippen LogP contribution in [0.15, 0.2) is 75.4 Å². The fourth-order valence-corrected chi connectivity index (χ4v) is 4.95. The zero-order valence-corrected chi connectivity index (χ0v) is 22.1. The van der Waals surface area contributed by atoms with Crippen molar-refractivity contribution >= 4 is 33.3 Å². The summed E-state index contributed by atoms with van der Waals surface area (Å²) in [4.78, 5) is 31.5. The molecule has 0 spiro atoms. The van der Waals surface area contributed by atoms with E-state index in [-0.39, 0.29) is 23.8 Å². The Hall–Kier alpha value is -3.96. The van der Waals surface area contributed by atoms with Crippen molar-refractivity contribution in [2.24, 2.45) is 10.1 Å². The lowest BCUT2D eigenvalue weighted by atomic mass is 9.94. The number of carbonyl (C=O) groups excluding carboxylic acids is 1. The van der Waals surface area contributed by atoms with E-state index in [0.29, 0.717) is 28.1 Å². The number of nitrogens with one attached hydrogen (secondary N) is 1. The van der Waals surface area contributed by atoms with Crippen molar-refractivity contribution in [1.82, 2.24) is 9.88 Å². The SMILES string of the molecule is C=S(N)(=O)c1ccc(CNC(=O)c2cc(C3=CC=NC(C)C3)c(C)n(-c3cccc(C(F)(F)F)c3)c2=O)cc1. The minimum absolute atomic E-state index is 0.00417. The lowest BCUT2D eigenvalue weighted by Gasteiger charge is -2.21. The van der Waals surface area contributed by atoms with Crippen molar-refractivity contribution in [2.45, 2.75) is 43.9 Å². The molecule has 1 amide bonds. The van der Waals surface area contributed by atoms with Crippen LogP contribution in [0.4, 0.5) is 13.2 Å². The van der Waals surface area contributed by atoms with Crippen molar-refractivity contribution in [1.29, 1.82) is 0 Å². The van der Waals surface area contributed by atoms with Crippen LogP contribution in [-0.2, 0) is 22.4 Å². The first-order valence-corrected chi connectivity index (χ1v) is 13.7. The summed E-state index contributed by atoms with van der Waals surface area (Å²) in [7, 11) is -2.88. The molecule has 7 nitrogen and oxygen atoms in total. The third kappa shape index (κ3) is 6.21. The molecule has 4 rings (SSSR count). The maximum absolute atomic E-state index is 13.6. The Morgan fingerprint density at radius 1 is 1.21 bits per heavy atom. The molecule has 0 bridgehead atoms. The monoisotopic (exact) mass is 556 g/mol. The summed E-state index contributed by atoms with van der Waals surface area (Å²) in [5.74, 6) is 2.74. The molecular weight excluding hydrogens is 529 g/mol. The average Bonchev–Trinajstić information content (AvgIpc) is 2.87. The molecule has 0 saturated carbocycles. The molecule has 1 aliphatic rings. The van der Waals surface area contributed by atoms with Gasteiger partial charge in [0.1, 0.15) is 5.56 Å². The molecule has 3 N–H and O–H groups in total. The Labute approximate surface area is 224 Å². The Morgan fingerprint density at radius 2 is 1.90 bits per heavy atom. The van der Waals surface area contributed by atoms with Crippen LogP contribution in [-0.4, -0.2) is 32.8 Å². The van der Waals surface area contributed by atoms with Crippen molar-refractivity contribution in [3.8, 4) is 5.69 Å². The second-order valence-electron chi connectivity index (χ2n) is 9.34. The Morgan fingerprint density at radius 3 is 2.51 bits per heavy atom. The van der Waals surface area contributed by atoms with Gasteiger partial charge in [-0.3, -0.25) is 24.3 Å². The molecule has 1 aliphatic heterocycles. The zero-order chi connectivity index (χ0) is 28.5. The molecule has 39 heavy (non-hydrogen) atoms. The molecule has 2 heterocycles. The number of alkyl halides is 3. The molecule has 2 atom stereocenters. The normalized spacial score (nSPS) is 16.9. The zero-order valence-electron chi connectivity index (χ0n) is 21.3. The fraction of sp³-hybridized carbons (Fsp3) is 0.214. The van der Waals surface area contributed by atoms with E-state index >= 15 is 0 Å².